The minimum absolute atomic E-state index is 0.130. The fourth-order valence-electron chi connectivity index (χ4n) is 3.41. The highest BCUT2D eigenvalue weighted by molar-refractivity contribution is 6.32. The first-order chi connectivity index (χ1) is 14.8. The molecule has 0 saturated carbocycles. The number of nitrogens with zero attached hydrogens (tertiary/aromatic N) is 1. The third-order valence-electron chi connectivity index (χ3n) is 4.93. The maximum absolute atomic E-state index is 12.3. The summed E-state index contributed by atoms with van der Waals surface area (Å²) in [5.41, 5.74) is 6.24. The number of ether oxygens (including phenoxy) is 1. The molecule has 0 aliphatic rings. The van der Waals surface area contributed by atoms with Crippen molar-refractivity contribution in [2.75, 3.05) is 11.9 Å². The van der Waals surface area contributed by atoms with Gasteiger partial charge in [0.15, 0.2) is 6.61 Å². The Balaban J connectivity index is 1.42. The first-order valence-electron chi connectivity index (χ1n) is 9.76. The van der Waals surface area contributed by atoms with Gasteiger partial charge in [0.05, 0.1) is 16.1 Å². The highest BCUT2D eigenvalue weighted by Crippen LogP contribution is 2.30. The summed E-state index contributed by atoms with van der Waals surface area (Å²) < 4.78 is 5.63. The molecule has 7 heteroatoms. The second-order valence-electron chi connectivity index (χ2n) is 7.51. The van der Waals surface area contributed by atoms with Crippen LogP contribution in [0.1, 0.15) is 16.7 Å². The van der Waals surface area contributed by atoms with Crippen LogP contribution in [0.2, 0.25) is 10.0 Å². The first kappa shape index (κ1) is 21.2. The summed E-state index contributed by atoms with van der Waals surface area (Å²) >= 11 is 12.4. The molecule has 5 nitrogen and oxygen atoms in total. The Morgan fingerprint density at radius 1 is 1.00 bits per heavy atom. The van der Waals surface area contributed by atoms with Gasteiger partial charge in [-0.05, 0) is 79.9 Å². The predicted octanol–water partition coefficient (Wildman–Crippen LogP) is 6.48. The van der Waals surface area contributed by atoms with Crippen LogP contribution >= 0.6 is 23.2 Å². The number of rotatable bonds is 5. The number of fused-ring (bicyclic) bond motifs is 1. The van der Waals surface area contributed by atoms with Crippen LogP contribution < -0.4 is 10.1 Å². The van der Waals surface area contributed by atoms with Crippen molar-refractivity contribution in [3.05, 3.63) is 75.3 Å². The van der Waals surface area contributed by atoms with Crippen molar-refractivity contribution < 1.29 is 9.53 Å². The molecule has 158 valence electrons. The minimum atomic E-state index is -0.266. The molecule has 0 saturated heterocycles. The number of benzene rings is 3. The number of amides is 1. The Hall–Kier alpha value is -3.02. The molecule has 0 atom stereocenters. The second-order valence-corrected chi connectivity index (χ2v) is 8.33. The van der Waals surface area contributed by atoms with Crippen LogP contribution in [-0.4, -0.2) is 22.5 Å². The molecule has 1 heterocycles. The molecule has 0 fully saturated rings. The zero-order valence-corrected chi connectivity index (χ0v) is 18.9. The van der Waals surface area contributed by atoms with Gasteiger partial charge in [0, 0.05) is 16.3 Å². The molecule has 0 aliphatic carbocycles. The van der Waals surface area contributed by atoms with Crippen LogP contribution in [0.25, 0.3) is 22.4 Å². The van der Waals surface area contributed by atoms with Gasteiger partial charge >= 0.3 is 0 Å². The number of carbonyl (C=O) groups is 1. The van der Waals surface area contributed by atoms with E-state index in [0.29, 0.717) is 21.5 Å². The number of nitrogens with one attached hydrogen (secondary N) is 2. The van der Waals surface area contributed by atoms with Gasteiger partial charge in [0.2, 0.25) is 0 Å². The zero-order chi connectivity index (χ0) is 22.1. The number of H-pyrrole nitrogens is 1. The molecule has 0 aliphatic heterocycles. The van der Waals surface area contributed by atoms with Gasteiger partial charge in [-0.3, -0.25) is 4.79 Å². The van der Waals surface area contributed by atoms with Crippen molar-refractivity contribution in [1.29, 1.82) is 0 Å². The summed E-state index contributed by atoms with van der Waals surface area (Å²) in [5.74, 6) is 0.998. The van der Waals surface area contributed by atoms with Gasteiger partial charge in [-0.2, -0.15) is 0 Å². The van der Waals surface area contributed by atoms with Crippen LogP contribution in [0.15, 0.2) is 48.5 Å². The lowest BCUT2D eigenvalue weighted by Crippen LogP contribution is -2.20. The number of hydrogen-bond donors (Lipinski definition) is 2. The van der Waals surface area contributed by atoms with Gasteiger partial charge < -0.3 is 15.0 Å². The molecular formula is C24H21Cl2N3O2. The van der Waals surface area contributed by atoms with E-state index in [1.165, 1.54) is 0 Å². The summed E-state index contributed by atoms with van der Waals surface area (Å²) in [5, 5.41) is 4.01. The van der Waals surface area contributed by atoms with Crippen LogP contribution in [0, 0.1) is 20.8 Å². The summed E-state index contributed by atoms with van der Waals surface area (Å²) in [4.78, 5) is 20.2. The Kier molecular flexibility index (Phi) is 5.90. The lowest BCUT2D eigenvalue weighted by molar-refractivity contribution is -0.118. The monoisotopic (exact) mass is 453 g/mol. The van der Waals surface area contributed by atoms with E-state index >= 15 is 0 Å². The predicted molar refractivity (Wildman–Crippen MR) is 126 cm³/mol. The van der Waals surface area contributed by atoms with Gasteiger partial charge in [-0.1, -0.05) is 29.3 Å². The number of halogens is 2. The van der Waals surface area contributed by atoms with E-state index in [-0.39, 0.29) is 12.5 Å². The van der Waals surface area contributed by atoms with Gasteiger partial charge in [0.1, 0.15) is 11.6 Å². The number of anilines is 1. The van der Waals surface area contributed by atoms with Crippen molar-refractivity contribution in [2.24, 2.45) is 0 Å². The Labute approximate surface area is 190 Å². The highest BCUT2D eigenvalue weighted by Gasteiger charge is 2.11. The molecule has 4 aromatic rings. The van der Waals surface area contributed by atoms with Crippen LogP contribution in [-0.2, 0) is 4.79 Å². The summed E-state index contributed by atoms with van der Waals surface area (Å²) in [7, 11) is 0. The van der Waals surface area contributed by atoms with Crippen molar-refractivity contribution in [3.63, 3.8) is 0 Å². The maximum atomic E-state index is 12.3. The Morgan fingerprint density at radius 3 is 2.45 bits per heavy atom. The molecule has 3 aromatic carbocycles. The van der Waals surface area contributed by atoms with Crippen molar-refractivity contribution in [1.82, 2.24) is 9.97 Å². The van der Waals surface area contributed by atoms with Crippen LogP contribution in [0.5, 0.6) is 5.75 Å². The molecule has 0 unspecified atom stereocenters. The summed E-state index contributed by atoms with van der Waals surface area (Å²) in [6.45, 7) is 5.69. The van der Waals surface area contributed by atoms with Crippen molar-refractivity contribution in [3.8, 4) is 17.1 Å². The summed E-state index contributed by atoms with van der Waals surface area (Å²) in [6.07, 6.45) is 0. The SMILES string of the molecule is Cc1cc(C)c(OCC(=O)Nc2ccc(-c3nc4cc(Cl)c(C)cc4[nH]3)cc2)c(Cl)c1. The molecule has 0 radical (unpaired) electrons. The van der Waals surface area contributed by atoms with Crippen LogP contribution in [0.3, 0.4) is 0 Å². The Morgan fingerprint density at radius 2 is 1.74 bits per heavy atom. The fourth-order valence-corrected chi connectivity index (χ4v) is 3.94. The van der Waals surface area contributed by atoms with E-state index in [4.69, 9.17) is 27.9 Å². The van der Waals surface area contributed by atoms with E-state index in [1.54, 1.807) is 0 Å². The number of aromatic nitrogens is 2. The average molecular weight is 454 g/mol. The van der Waals surface area contributed by atoms with Crippen molar-refractivity contribution >= 4 is 45.8 Å². The minimum Gasteiger partial charge on any atom is -0.482 e. The topological polar surface area (TPSA) is 67.0 Å². The van der Waals surface area contributed by atoms with Gasteiger partial charge in [-0.25, -0.2) is 4.98 Å². The van der Waals surface area contributed by atoms with E-state index in [1.807, 2.05) is 69.3 Å². The van der Waals surface area contributed by atoms with Crippen LogP contribution in [0.4, 0.5) is 5.69 Å². The second kappa shape index (κ2) is 8.61. The molecule has 0 bridgehead atoms. The third kappa shape index (κ3) is 4.68. The number of imidazole rings is 1. The fraction of sp³-hybridized carbons (Fsp3) is 0.167. The molecule has 1 aromatic heterocycles. The molecule has 31 heavy (non-hydrogen) atoms. The van der Waals surface area contributed by atoms with E-state index < -0.39 is 0 Å². The third-order valence-corrected chi connectivity index (χ3v) is 5.61. The molecule has 4 rings (SSSR count). The van der Waals surface area contributed by atoms with Gasteiger partial charge in [0.25, 0.3) is 5.91 Å². The van der Waals surface area contributed by atoms with Gasteiger partial charge in [-0.15, -0.1) is 0 Å². The molecule has 1 amide bonds. The van der Waals surface area contributed by atoms with E-state index in [0.717, 1.165) is 39.1 Å². The first-order valence-corrected chi connectivity index (χ1v) is 10.5. The Bertz CT molecular complexity index is 1220. The number of aryl methyl sites for hydroxylation is 3. The molecule has 2 N–H and O–H groups in total. The number of carbonyl (C=O) groups excluding carboxylic acids is 1. The lowest BCUT2D eigenvalue weighted by atomic mass is 10.1. The lowest BCUT2D eigenvalue weighted by Gasteiger charge is -2.12. The quantitative estimate of drug-likeness (QED) is 0.363. The number of aromatic amines is 1. The smallest absolute Gasteiger partial charge is 0.262 e. The normalized spacial score (nSPS) is 11.0. The van der Waals surface area contributed by atoms with Crippen molar-refractivity contribution in [2.45, 2.75) is 20.8 Å². The standard InChI is InChI=1S/C24H21Cl2N3O2/c1-13-8-15(3)23(19(26)9-13)31-12-22(30)27-17-6-4-16(5-7-17)24-28-20-10-14(2)18(25)11-21(20)29-24/h4-11H,12H2,1-3H3,(H,27,30)(H,28,29). The number of hydrogen-bond acceptors (Lipinski definition) is 3. The zero-order valence-electron chi connectivity index (χ0n) is 17.3. The molecular weight excluding hydrogens is 433 g/mol. The maximum Gasteiger partial charge on any atom is 0.262 e. The van der Waals surface area contributed by atoms with E-state index in [9.17, 15) is 4.79 Å². The summed E-state index contributed by atoms with van der Waals surface area (Å²) in [6, 6.07) is 15.0. The highest BCUT2D eigenvalue weighted by atomic mass is 35.5. The molecule has 0 spiro atoms. The average Bonchev–Trinajstić information content (AvgIpc) is 3.10. The van der Waals surface area contributed by atoms with E-state index in [2.05, 4.69) is 15.3 Å². The largest absolute Gasteiger partial charge is 0.482 e.